The third kappa shape index (κ3) is 4.68. The minimum absolute atomic E-state index is 0.0149. The normalized spacial score (nSPS) is 25.0. The highest BCUT2D eigenvalue weighted by Crippen LogP contribution is 2.35. The number of rotatable bonds is 5. The van der Waals surface area contributed by atoms with Crippen molar-refractivity contribution >= 4 is 12.0 Å². The number of fused-ring (bicyclic) bond motifs is 2. The number of amides is 1. The molecule has 4 rings (SSSR count). The van der Waals surface area contributed by atoms with E-state index in [2.05, 4.69) is 10.2 Å². The Morgan fingerprint density at radius 2 is 1.71 bits per heavy atom. The zero-order chi connectivity index (χ0) is 19.3. The van der Waals surface area contributed by atoms with E-state index in [1.807, 2.05) is 48.5 Å². The van der Waals surface area contributed by atoms with Crippen LogP contribution in [0.4, 0.5) is 4.39 Å². The van der Waals surface area contributed by atoms with Crippen molar-refractivity contribution in [3.05, 3.63) is 77.6 Å². The van der Waals surface area contributed by atoms with Crippen LogP contribution in [0.3, 0.4) is 0 Å². The van der Waals surface area contributed by atoms with Gasteiger partial charge in [0.15, 0.2) is 0 Å². The monoisotopic (exact) mass is 378 g/mol. The fourth-order valence-electron chi connectivity index (χ4n) is 4.64. The summed E-state index contributed by atoms with van der Waals surface area (Å²) < 4.78 is 13.2. The molecule has 28 heavy (non-hydrogen) atoms. The molecule has 2 bridgehead atoms. The molecule has 4 heteroatoms. The molecule has 0 radical (unpaired) electrons. The first-order valence-electron chi connectivity index (χ1n) is 10.2. The molecule has 3 nitrogen and oxygen atoms in total. The summed E-state index contributed by atoms with van der Waals surface area (Å²) in [6, 6.07) is 17.9. The Bertz CT molecular complexity index is 804. The smallest absolute Gasteiger partial charge is 0.244 e. The Morgan fingerprint density at radius 3 is 2.39 bits per heavy atom. The molecule has 146 valence electrons. The maximum absolute atomic E-state index is 13.2. The van der Waals surface area contributed by atoms with Crippen LogP contribution in [-0.4, -0.2) is 28.9 Å². The maximum Gasteiger partial charge on any atom is 0.244 e. The van der Waals surface area contributed by atoms with Crippen molar-refractivity contribution in [1.82, 2.24) is 10.2 Å². The highest BCUT2D eigenvalue weighted by molar-refractivity contribution is 5.91. The van der Waals surface area contributed by atoms with Gasteiger partial charge in [-0.3, -0.25) is 9.69 Å². The topological polar surface area (TPSA) is 32.3 Å². The van der Waals surface area contributed by atoms with Crippen LogP contribution >= 0.6 is 0 Å². The van der Waals surface area contributed by atoms with Gasteiger partial charge in [0, 0.05) is 30.7 Å². The van der Waals surface area contributed by atoms with Crippen molar-refractivity contribution in [2.75, 3.05) is 0 Å². The molecule has 0 spiro atoms. The lowest BCUT2D eigenvalue weighted by molar-refractivity contribution is -0.118. The van der Waals surface area contributed by atoms with Crippen LogP contribution in [0.15, 0.2) is 60.7 Å². The van der Waals surface area contributed by atoms with Crippen LogP contribution in [-0.2, 0) is 11.3 Å². The fraction of sp³-hybridized carbons (Fsp3) is 0.375. The lowest BCUT2D eigenvalue weighted by atomic mass is 9.81. The molecule has 0 aliphatic carbocycles. The Kier molecular flexibility index (Phi) is 5.87. The first-order chi connectivity index (χ1) is 13.7. The lowest BCUT2D eigenvalue weighted by Crippen LogP contribution is -2.56. The molecule has 2 unspecified atom stereocenters. The van der Waals surface area contributed by atoms with E-state index in [1.54, 1.807) is 6.08 Å². The summed E-state index contributed by atoms with van der Waals surface area (Å²) in [6.45, 7) is 0.865. The molecule has 2 atom stereocenters. The largest absolute Gasteiger partial charge is 0.350 e. The van der Waals surface area contributed by atoms with Gasteiger partial charge in [0.25, 0.3) is 0 Å². The van der Waals surface area contributed by atoms with Gasteiger partial charge in [0.2, 0.25) is 5.91 Å². The maximum atomic E-state index is 13.2. The lowest BCUT2D eigenvalue weighted by Gasteiger charge is -2.49. The van der Waals surface area contributed by atoms with E-state index in [0.717, 1.165) is 30.5 Å². The molecule has 2 aliphatic heterocycles. The van der Waals surface area contributed by atoms with E-state index < -0.39 is 0 Å². The fourth-order valence-corrected chi connectivity index (χ4v) is 4.64. The molecule has 1 amide bonds. The van der Waals surface area contributed by atoms with Crippen molar-refractivity contribution < 1.29 is 9.18 Å². The Morgan fingerprint density at radius 1 is 1.04 bits per heavy atom. The zero-order valence-corrected chi connectivity index (χ0v) is 16.1. The van der Waals surface area contributed by atoms with Crippen molar-refractivity contribution in [2.45, 2.75) is 56.8 Å². The summed E-state index contributed by atoms with van der Waals surface area (Å²) in [7, 11) is 0. The van der Waals surface area contributed by atoms with Crippen LogP contribution in [0.25, 0.3) is 6.08 Å². The molecule has 2 saturated heterocycles. The van der Waals surface area contributed by atoms with Gasteiger partial charge in [0.1, 0.15) is 5.82 Å². The third-order valence-corrected chi connectivity index (χ3v) is 5.98. The van der Waals surface area contributed by atoms with Crippen LogP contribution in [0, 0.1) is 5.82 Å². The van der Waals surface area contributed by atoms with E-state index in [9.17, 15) is 9.18 Å². The number of nitrogens with one attached hydrogen (secondary N) is 1. The summed E-state index contributed by atoms with van der Waals surface area (Å²) in [5.41, 5.74) is 2.19. The number of nitrogens with zero attached hydrogens (tertiary/aromatic N) is 1. The summed E-state index contributed by atoms with van der Waals surface area (Å²) in [6.07, 6.45) is 9.07. The number of halogens is 1. The standard InChI is InChI=1S/C24H27FN2O/c25-20-12-9-19(10-13-20)17-27-22-7-4-8-23(27)16-21(15-22)26-24(28)14-11-18-5-2-1-3-6-18/h1-3,5-6,9-14,21-23H,4,7-8,15-17H2,(H,26,28). The Balaban J connectivity index is 1.35. The van der Waals surface area contributed by atoms with E-state index in [0.29, 0.717) is 12.1 Å². The van der Waals surface area contributed by atoms with Crippen LogP contribution in [0.2, 0.25) is 0 Å². The first kappa shape index (κ1) is 18.9. The second kappa shape index (κ2) is 8.70. The van der Waals surface area contributed by atoms with Crippen LogP contribution < -0.4 is 5.32 Å². The summed E-state index contributed by atoms with van der Waals surface area (Å²) >= 11 is 0. The van der Waals surface area contributed by atoms with Crippen molar-refractivity contribution in [3.8, 4) is 0 Å². The highest BCUT2D eigenvalue weighted by Gasteiger charge is 2.38. The molecule has 1 N–H and O–H groups in total. The minimum atomic E-state index is -0.186. The number of carbonyl (C=O) groups excluding carboxylic acids is 1. The second-order valence-electron chi connectivity index (χ2n) is 7.96. The zero-order valence-electron chi connectivity index (χ0n) is 16.1. The number of hydrogen-bond acceptors (Lipinski definition) is 2. The number of carbonyl (C=O) groups is 1. The first-order valence-corrected chi connectivity index (χ1v) is 10.2. The molecular formula is C24H27FN2O. The van der Waals surface area contributed by atoms with E-state index in [1.165, 1.54) is 31.4 Å². The van der Waals surface area contributed by atoms with Crippen LogP contribution in [0.5, 0.6) is 0 Å². The Labute approximate surface area is 166 Å². The summed E-state index contributed by atoms with van der Waals surface area (Å²) in [5.74, 6) is -0.201. The molecule has 2 fully saturated rings. The van der Waals surface area contributed by atoms with E-state index in [-0.39, 0.29) is 17.8 Å². The van der Waals surface area contributed by atoms with Gasteiger partial charge in [-0.1, -0.05) is 48.9 Å². The van der Waals surface area contributed by atoms with Gasteiger partial charge in [0.05, 0.1) is 0 Å². The van der Waals surface area contributed by atoms with Crippen LogP contribution in [0.1, 0.15) is 43.2 Å². The molecule has 2 aromatic carbocycles. The van der Waals surface area contributed by atoms with Gasteiger partial charge in [-0.25, -0.2) is 4.39 Å². The predicted octanol–water partition coefficient (Wildman–Crippen LogP) is 4.54. The summed E-state index contributed by atoms with van der Waals surface area (Å²) in [4.78, 5) is 14.9. The SMILES string of the molecule is O=C(C=Cc1ccccc1)NC1CC2CCCC(C1)N2Cc1ccc(F)cc1. The predicted molar refractivity (Wildman–Crippen MR) is 110 cm³/mol. The number of benzene rings is 2. The minimum Gasteiger partial charge on any atom is -0.350 e. The average molecular weight is 378 g/mol. The van der Waals surface area contributed by atoms with E-state index in [4.69, 9.17) is 0 Å². The van der Waals surface area contributed by atoms with Gasteiger partial charge in [-0.2, -0.15) is 0 Å². The third-order valence-electron chi connectivity index (χ3n) is 5.98. The van der Waals surface area contributed by atoms with Crippen molar-refractivity contribution in [3.63, 3.8) is 0 Å². The number of piperidine rings is 2. The molecular weight excluding hydrogens is 351 g/mol. The molecule has 2 aliphatic rings. The highest BCUT2D eigenvalue weighted by atomic mass is 19.1. The molecule has 0 saturated carbocycles. The second-order valence-corrected chi connectivity index (χ2v) is 7.96. The summed E-state index contributed by atoms with van der Waals surface area (Å²) in [5, 5.41) is 3.21. The average Bonchev–Trinajstić information content (AvgIpc) is 2.69. The van der Waals surface area contributed by atoms with Gasteiger partial charge in [-0.15, -0.1) is 0 Å². The van der Waals surface area contributed by atoms with Crippen molar-refractivity contribution in [2.24, 2.45) is 0 Å². The molecule has 2 heterocycles. The van der Waals surface area contributed by atoms with Gasteiger partial charge < -0.3 is 5.32 Å². The Hall–Kier alpha value is -2.46. The molecule has 0 aromatic heterocycles. The molecule has 2 aromatic rings. The van der Waals surface area contributed by atoms with Gasteiger partial charge >= 0.3 is 0 Å². The van der Waals surface area contributed by atoms with Gasteiger partial charge in [-0.05, 0) is 55.0 Å². The van der Waals surface area contributed by atoms with Crippen molar-refractivity contribution in [1.29, 1.82) is 0 Å². The van der Waals surface area contributed by atoms with E-state index >= 15 is 0 Å². The quantitative estimate of drug-likeness (QED) is 0.775. The number of hydrogen-bond donors (Lipinski definition) is 1.